The smallest absolute Gasteiger partial charge is 0.384 e. The monoisotopic (exact) mass is 455 g/mol. The van der Waals surface area contributed by atoms with Crippen molar-refractivity contribution in [1.82, 2.24) is 4.72 Å². The highest BCUT2D eigenvalue weighted by Gasteiger charge is 2.61. The fraction of sp³-hybridized carbons (Fsp3) is 0.400. The highest BCUT2D eigenvalue weighted by Crippen LogP contribution is 2.70. The first-order chi connectivity index (χ1) is 14.0. The van der Waals surface area contributed by atoms with E-state index in [1.54, 1.807) is 76.2 Å². The van der Waals surface area contributed by atoms with Crippen molar-refractivity contribution in [2.24, 2.45) is 0 Å². The lowest BCUT2D eigenvalue weighted by Crippen LogP contribution is -2.52. The fourth-order valence-electron chi connectivity index (χ4n) is 3.41. The summed E-state index contributed by atoms with van der Waals surface area (Å²) in [5.41, 5.74) is 0.656. The highest BCUT2D eigenvalue weighted by atomic mass is 32.2. The predicted octanol–water partition coefficient (Wildman–Crippen LogP) is 4.17. The summed E-state index contributed by atoms with van der Waals surface area (Å²) in [6, 6.07) is 13.4. The van der Waals surface area contributed by atoms with Gasteiger partial charge in [-0.2, -0.15) is 13.1 Å². The van der Waals surface area contributed by atoms with Gasteiger partial charge in [0.05, 0.1) is 19.3 Å². The van der Waals surface area contributed by atoms with Crippen LogP contribution in [-0.4, -0.2) is 27.7 Å². The summed E-state index contributed by atoms with van der Waals surface area (Å²) in [5, 5.41) is -1.89. The van der Waals surface area contributed by atoms with Gasteiger partial charge in [0.1, 0.15) is 0 Å². The summed E-state index contributed by atoms with van der Waals surface area (Å²) in [6.45, 7) is 6.81. The van der Waals surface area contributed by atoms with Crippen molar-refractivity contribution >= 4 is 17.9 Å². The largest absolute Gasteiger partial charge is 0.493 e. The SMILES string of the molecule is COc1cccc2c1OS(=O)(=O)N[C@@]2(c1ccccc1)P(=O)(OC(C)C)OC(C)C. The van der Waals surface area contributed by atoms with Crippen LogP contribution in [0, 0.1) is 0 Å². The summed E-state index contributed by atoms with van der Waals surface area (Å²) in [6.07, 6.45) is -1.03. The van der Waals surface area contributed by atoms with Crippen LogP contribution in [0.25, 0.3) is 0 Å². The van der Waals surface area contributed by atoms with Gasteiger partial charge in [0.25, 0.3) is 0 Å². The van der Waals surface area contributed by atoms with E-state index in [1.165, 1.54) is 7.11 Å². The number of hydrogen-bond donors (Lipinski definition) is 1. The molecule has 10 heteroatoms. The van der Waals surface area contributed by atoms with Gasteiger partial charge in [0.2, 0.25) is 0 Å². The minimum Gasteiger partial charge on any atom is -0.493 e. The summed E-state index contributed by atoms with van der Waals surface area (Å²) in [7, 11) is -7.23. The molecule has 164 valence electrons. The Labute approximate surface area is 177 Å². The third-order valence-corrected chi connectivity index (χ3v) is 8.28. The molecule has 8 nitrogen and oxygen atoms in total. The number of fused-ring (bicyclic) bond motifs is 1. The second-order valence-corrected chi connectivity index (χ2v) is 10.7. The second-order valence-electron chi connectivity index (χ2n) is 7.36. The van der Waals surface area contributed by atoms with Gasteiger partial charge in [-0.3, -0.25) is 4.57 Å². The normalized spacial score (nSPS) is 20.6. The van der Waals surface area contributed by atoms with E-state index in [0.29, 0.717) is 5.56 Å². The van der Waals surface area contributed by atoms with Gasteiger partial charge in [0.15, 0.2) is 16.8 Å². The van der Waals surface area contributed by atoms with Crippen LogP contribution in [0.1, 0.15) is 38.8 Å². The van der Waals surface area contributed by atoms with E-state index in [9.17, 15) is 13.0 Å². The minimum absolute atomic E-state index is 0.0671. The Balaban J connectivity index is 2.47. The Bertz CT molecular complexity index is 1040. The molecule has 1 N–H and O–H groups in total. The maximum Gasteiger partial charge on any atom is 0.384 e. The first kappa shape index (κ1) is 22.8. The first-order valence-electron chi connectivity index (χ1n) is 9.48. The van der Waals surface area contributed by atoms with Gasteiger partial charge >= 0.3 is 17.9 Å². The Kier molecular flexibility index (Phi) is 6.32. The minimum atomic E-state index is -4.40. The maximum absolute atomic E-state index is 14.5. The van der Waals surface area contributed by atoms with Crippen molar-refractivity contribution in [3.8, 4) is 11.5 Å². The molecule has 1 atom stereocenters. The van der Waals surface area contributed by atoms with E-state index >= 15 is 0 Å². The third kappa shape index (κ3) is 4.00. The molecule has 3 rings (SSSR count). The molecule has 30 heavy (non-hydrogen) atoms. The van der Waals surface area contributed by atoms with Crippen LogP contribution in [-0.2, 0) is 29.2 Å². The Morgan fingerprint density at radius 3 is 2.10 bits per heavy atom. The topological polar surface area (TPSA) is 100 Å². The average molecular weight is 455 g/mol. The molecule has 1 aliphatic heterocycles. The summed E-state index contributed by atoms with van der Waals surface area (Å²) < 4.78 is 65.0. The van der Waals surface area contributed by atoms with Crippen molar-refractivity contribution in [3.63, 3.8) is 0 Å². The summed E-state index contributed by atoms with van der Waals surface area (Å²) in [4.78, 5) is 0. The number of ether oxygens (including phenoxy) is 1. The first-order valence-corrected chi connectivity index (χ1v) is 12.4. The zero-order valence-electron chi connectivity index (χ0n) is 17.5. The molecule has 0 bridgehead atoms. The standard InChI is InChI=1S/C20H26NO7PS/c1-14(2)26-29(22,27-15(3)4)20(16-10-7-6-8-11-16)17-12-9-13-18(25-5)19(17)28-30(23,24)21-20/h6-15,21H,1-5H3/t20-/m0/s1. The molecule has 1 aliphatic rings. The molecule has 0 saturated heterocycles. The summed E-state index contributed by atoms with van der Waals surface area (Å²) >= 11 is 0. The second kappa shape index (κ2) is 8.32. The van der Waals surface area contributed by atoms with E-state index in [1.807, 2.05) is 0 Å². The van der Waals surface area contributed by atoms with Crippen LogP contribution in [0.3, 0.4) is 0 Å². The van der Waals surface area contributed by atoms with Crippen molar-refractivity contribution in [2.45, 2.75) is 45.2 Å². The van der Waals surface area contributed by atoms with E-state index in [2.05, 4.69) is 4.72 Å². The molecule has 0 spiro atoms. The summed E-state index contributed by atoms with van der Waals surface area (Å²) in [5.74, 6) is 0.112. The van der Waals surface area contributed by atoms with Crippen molar-refractivity contribution in [3.05, 3.63) is 59.7 Å². The molecule has 0 aliphatic carbocycles. The molecule has 2 aromatic carbocycles. The van der Waals surface area contributed by atoms with Crippen LogP contribution in [0.5, 0.6) is 11.5 Å². The van der Waals surface area contributed by atoms with Crippen LogP contribution in [0.15, 0.2) is 48.5 Å². The van der Waals surface area contributed by atoms with Crippen LogP contribution in [0.2, 0.25) is 0 Å². The number of para-hydroxylation sites is 1. The molecule has 0 radical (unpaired) electrons. The van der Waals surface area contributed by atoms with Gasteiger partial charge in [-0.15, -0.1) is 0 Å². The Morgan fingerprint density at radius 1 is 0.967 bits per heavy atom. The molecule has 0 unspecified atom stereocenters. The molecule has 0 aromatic heterocycles. The maximum atomic E-state index is 14.5. The predicted molar refractivity (Wildman–Crippen MR) is 113 cm³/mol. The molecular weight excluding hydrogens is 429 g/mol. The Hall–Kier alpha value is -1.90. The number of nitrogens with one attached hydrogen (secondary N) is 1. The van der Waals surface area contributed by atoms with Gasteiger partial charge in [-0.25, -0.2) is 0 Å². The lowest BCUT2D eigenvalue weighted by molar-refractivity contribution is 0.126. The molecule has 2 aromatic rings. The zero-order valence-corrected chi connectivity index (χ0v) is 19.2. The molecule has 0 fully saturated rings. The fourth-order valence-corrected chi connectivity index (χ4v) is 7.62. The third-order valence-electron chi connectivity index (χ3n) is 4.36. The van der Waals surface area contributed by atoms with E-state index in [0.717, 1.165) is 0 Å². The van der Waals surface area contributed by atoms with Gasteiger partial charge < -0.3 is 18.0 Å². The quantitative estimate of drug-likeness (QED) is 0.626. The average Bonchev–Trinajstić information content (AvgIpc) is 2.65. The number of hydrogen-bond acceptors (Lipinski definition) is 7. The van der Waals surface area contributed by atoms with Gasteiger partial charge in [-0.05, 0) is 39.3 Å². The number of rotatable bonds is 7. The van der Waals surface area contributed by atoms with E-state index in [-0.39, 0.29) is 17.1 Å². The van der Waals surface area contributed by atoms with E-state index < -0.39 is 35.4 Å². The lowest BCUT2D eigenvalue weighted by Gasteiger charge is -2.43. The van der Waals surface area contributed by atoms with Crippen molar-refractivity contribution in [1.29, 1.82) is 0 Å². The lowest BCUT2D eigenvalue weighted by atomic mass is 9.97. The molecule has 1 heterocycles. The van der Waals surface area contributed by atoms with Crippen LogP contribution < -0.4 is 13.6 Å². The number of methoxy groups -OCH3 is 1. The van der Waals surface area contributed by atoms with Crippen LogP contribution >= 0.6 is 7.60 Å². The van der Waals surface area contributed by atoms with Gasteiger partial charge in [-0.1, -0.05) is 42.5 Å². The highest BCUT2D eigenvalue weighted by molar-refractivity contribution is 7.85. The van der Waals surface area contributed by atoms with Crippen LogP contribution in [0.4, 0.5) is 0 Å². The van der Waals surface area contributed by atoms with Crippen molar-refractivity contribution < 1.29 is 31.0 Å². The molecule has 0 amide bonds. The molecular formula is C20H26NO7PS. The van der Waals surface area contributed by atoms with Crippen molar-refractivity contribution in [2.75, 3.05) is 7.11 Å². The van der Waals surface area contributed by atoms with Gasteiger partial charge in [0, 0.05) is 5.56 Å². The molecule has 0 saturated carbocycles. The number of benzene rings is 2. The Morgan fingerprint density at radius 2 is 1.57 bits per heavy atom. The zero-order chi connectivity index (χ0) is 22.2. The van der Waals surface area contributed by atoms with E-state index in [4.69, 9.17) is 18.0 Å².